The lowest BCUT2D eigenvalue weighted by molar-refractivity contribution is -0.118. The minimum Gasteiger partial charge on any atom is -0.399 e. The first-order chi connectivity index (χ1) is 8.74. The fourth-order valence-electron chi connectivity index (χ4n) is 2.49. The number of amides is 1. The molecule has 1 amide bonds. The molecule has 96 valence electrons. The first-order valence-electron chi connectivity index (χ1n) is 6.66. The van der Waals surface area contributed by atoms with E-state index in [0.717, 1.165) is 30.9 Å². The highest BCUT2D eigenvalue weighted by molar-refractivity contribution is 5.96. The highest BCUT2D eigenvalue weighted by Gasteiger charge is 2.25. The van der Waals surface area contributed by atoms with Crippen molar-refractivity contribution < 1.29 is 4.79 Å². The molecule has 3 rings (SSSR count). The minimum absolute atomic E-state index is 0.227. The molecule has 1 aromatic carbocycles. The predicted octanol–water partition coefficient (Wildman–Crippen LogP) is 1.30. The molecule has 0 atom stereocenters. The van der Waals surface area contributed by atoms with Gasteiger partial charge in [-0.15, -0.1) is 0 Å². The van der Waals surface area contributed by atoms with Crippen LogP contribution in [0.2, 0.25) is 0 Å². The van der Waals surface area contributed by atoms with E-state index in [-0.39, 0.29) is 5.91 Å². The summed E-state index contributed by atoms with van der Waals surface area (Å²) in [6.45, 7) is 1.63. The van der Waals surface area contributed by atoms with Crippen LogP contribution in [0, 0.1) is 0 Å². The fraction of sp³-hybridized carbons (Fsp3) is 0.500. The molecule has 2 aliphatic rings. The molecule has 0 radical (unpaired) electrons. The van der Waals surface area contributed by atoms with E-state index in [0.29, 0.717) is 12.5 Å². The Hall–Kier alpha value is -1.55. The number of aryl methyl sites for hydroxylation is 1. The Labute approximate surface area is 107 Å². The van der Waals surface area contributed by atoms with E-state index in [1.54, 1.807) is 0 Å². The summed E-state index contributed by atoms with van der Waals surface area (Å²) in [5, 5.41) is 3.45. The van der Waals surface area contributed by atoms with Crippen LogP contribution in [0.25, 0.3) is 0 Å². The van der Waals surface area contributed by atoms with Gasteiger partial charge in [0.1, 0.15) is 0 Å². The molecule has 18 heavy (non-hydrogen) atoms. The first-order valence-corrected chi connectivity index (χ1v) is 6.66. The number of benzene rings is 1. The van der Waals surface area contributed by atoms with Gasteiger partial charge in [-0.05, 0) is 43.0 Å². The van der Waals surface area contributed by atoms with Gasteiger partial charge < -0.3 is 16.0 Å². The summed E-state index contributed by atoms with van der Waals surface area (Å²) in [5.74, 6) is 0.227. The fourth-order valence-corrected chi connectivity index (χ4v) is 2.49. The zero-order chi connectivity index (χ0) is 12.5. The Morgan fingerprint density at radius 1 is 1.33 bits per heavy atom. The van der Waals surface area contributed by atoms with Crippen molar-refractivity contribution in [2.45, 2.75) is 31.7 Å². The molecule has 4 nitrogen and oxygen atoms in total. The normalized spacial score (nSPS) is 18.9. The molecule has 1 aliphatic heterocycles. The van der Waals surface area contributed by atoms with E-state index in [2.05, 4.69) is 5.32 Å². The van der Waals surface area contributed by atoms with Crippen molar-refractivity contribution in [3.63, 3.8) is 0 Å². The van der Waals surface area contributed by atoms with E-state index in [1.165, 1.54) is 18.4 Å². The smallest absolute Gasteiger partial charge is 0.227 e. The Morgan fingerprint density at radius 2 is 2.17 bits per heavy atom. The first kappa shape index (κ1) is 11.5. The quantitative estimate of drug-likeness (QED) is 0.786. The molecule has 1 fully saturated rings. The Morgan fingerprint density at radius 3 is 2.94 bits per heavy atom. The van der Waals surface area contributed by atoms with Gasteiger partial charge >= 0.3 is 0 Å². The molecule has 1 aliphatic carbocycles. The van der Waals surface area contributed by atoms with E-state index >= 15 is 0 Å². The topological polar surface area (TPSA) is 58.4 Å². The van der Waals surface area contributed by atoms with Gasteiger partial charge in [-0.3, -0.25) is 4.79 Å². The van der Waals surface area contributed by atoms with Crippen LogP contribution in [0.3, 0.4) is 0 Å². The molecule has 3 N–H and O–H groups in total. The Bertz CT molecular complexity index is 468. The molecular weight excluding hydrogens is 226 g/mol. The van der Waals surface area contributed by atoms with Crippen LogP contribution in [0.4, 0.5) is 11.4 Å². The lowest BCUT2D eigenvalue weighted by Gasteiger charge is -2.29. The number of hydrogen-bond donors (Lipinski definition) is 2. The molecule has 0 unspecified atom stereocenters. The van der Waals surface area contributed by atoms with E-state index in [4.69, 9.17) is 5.73 Å². The number of nitrogens with two attached hydrogens (primary N) is 1. The number of anilines is 2. The van der Waals surface area contributed by atoms with Gasteiger partial charge in [-0.25, -0.2) is 0 Å². The van der Waals surface area contributed by atoms with Crippen LogP contribution < -0.4 is 16.0 Å². The SMILES string of the molecule is Nc1ccc2c(c1)CCC(=O)N2CCNC1CC1. The van der Waals surface area contributed by atoms with Gasteiger partial charge in [0.05, 0.1) is 0 Å². The van der Waals surface area contributed by atoms with Gasteiger partial charge in [0.25, 0.3) is 0 Å². The number of nitrogens with zero attached hydrogens (tertiary/aromatic N) is 1. The zero-order valence-electron chi connectivity index (χ0n) is 10.5. The third-order valence-electron chi connectivity index (χ3n) is 3.65. The summed E-state index contributed by atoms with van der Waals surface area (Å²) >= 11 is 0. The minimum atomic E-state index is 0.227. The van der Waals surface area contributed by atoms with Gasteiger partial charge in [0.2, 0.25) is 5.91 Å². The van der Waals surface area contributed by atoms with E-state index in [1.807, 2.05) is 23.1 Å². The van der Waals surface area contributed by atoms with Gasteiger partial charge in [0.15, 0.2) is 0 Å². The highest BCUT2D eigenvalue weighted by Crippen LogP contribution is 2.29. The summed E-state index contributed by atoms with van der Waals surface area (Å²) in [6.07, 6.45) is 3.97. The lowest BCUT2D eigenvalue weighted by atomic mass is 10.0. The number of nitrogens with one attached hydrogen (secondary N) is 1. The van der Waals surface area contributed by atoms with Crippen molar-refractivity contribution in [1.82, 2.24) is 5.32 Å². The molecule has 1 aromatic rings. The summed E-state index contributed by atoms with van der Waals surface area (Å²) in [4.78, 5) is 13.9. The average Bonchev–Trinajstić information content (AvgIpc) is 3.16. The Kier molecular flexibility index (Phi) is 2.96. The number of rotatable bonds is 4. The third kappa shape index (κ3) is 2.34. The van der Waals surface area contributed by atoms with Crippen molar-refractivity contribution >= 4 is 17.3 Å². The van der Waals surface area contributed by atoms with Crippen LogP contribution in [-0.2, 0) is 11.2 Å². The molecule has 0 aromatic heterocycles. The van der Waals surface area contributed by atoms with Crippen molar-refractivity contribution in [3.05, 3.63) is 23.8 Å². The second-order valence-electron chi connectivity index (χ2n) is 5.16. The molecule has 0 spiro atoms. The molecule has 1 saturated carbocycles. The molecular formula is C14H19N3O. The predicted molar refractivity (Wildman–Crippen MR) is 72.6 cm³/mol. The number of hydrogen-bond acceptors (Lipinski definition) is 3. The van der Waals surface area contributed by atoms with Crippen LogP contribution in [-0.4, -0.2) is 25.0 Å². The van der Waals surface area contributed by atoms with Crippen molar-refractivity contribution in [1.29, 1.82) is 0 Å². The maximum absolute atomic E-state index is 12.0. The summed E-state index contributed by atoms with van der Waals surface area (Å²) in [7, 11) is 0. The summed E-state index contributed by atoms with van der Waals surface area (Å²) < 4.78 is 0. The summed E-state index contributed by atoms with van der Waals surface area (Å²) in [6, 6.07) is 6.52. The van der Waals surface area contributed by atoms with Crippen LogP contribution in [0.5, 0.6) is 0 Å². The second kappa shape index (κ2) is 4.61. The maximum atomic E-state index is 12.0. The maximum Gasteiger partial charge on any atom is 0.227 e. The van der Waals surface area contributed by atoms with Crippen LogP contribution >= 0.6 is 0 Å². The van der Waals surface area contributed by atoms with Crippen molar-refractivity contribution in [2.75, 3.05) is 23.7 Å². The van der Waals surface area contributed by atoms with E-state index in [9.17, 15) is 4.79 Å². The zero-order valence-corrected chi connectivity index (χ0v) is 10.5. The number of carbonyl (C=O) groups is 1. The third-order valence-corrected chi connectivity index (χ3v) is 3.65. The molecule has 0 bridgehead atoms. The molecule has 0 saturated heterocycles. The molecule has 1 heterocycles. The van der Waals surface area contributed by atoms with Crippen molar-refractivity contribution in [2.24, 2.45) is 0 Å². The van der Waals surface area contributed by atoms with E-state index < -0.39 is 0 Å². The molecule has 4 heteroatoms. The van der Waals surface area contributed by atoms with Gasteiger partial charge in [-0.2, -0.15) is 0 Å². The largest absolute Gasteiger partial charge is 0.399 e. The van der Waals surface area contributed by atoms with Crippen LogP contribution in [0.15, 0.2) is 18.2 Å². The second-order valence-corrected chi connectivity index (χ2v) is 5.16. The van der Waals surface area contributed by atoms with Crippen molar-refractivity contribution in [3.8, 4) is 0 Å². The standard InChI is InChI=1S/C14H19N3O/c15-11-2-5-13-10(9-11)1-6-14(18)17(13)8-7-16-12-3-4-12/h2,5,9,12,16H,1,3-4,6-8,15H2. The summed E-state index contributed by atoms with van der Waals surface area (Å²) in [5.41, 5.74) is 8.81. The average molecular weight is 245 g/mol. The number of fused-ring (bicyclic) bond motifs is 1. The van der Waals surface area contributed by atoms with Gasteiger partial charge in [-0.1, -0.05) is 0 Å². The monoisotopic (exact) mass is 245 g/mol. The Balaban J connectivity index is 1.73. The lowest BCUT2D eigenvalue weighted by Crippen LogP contribution is -2.40. The number of carbonyl (C=O) groups excluding carboxylic acids is 1. The van der Waals surface area contributed by atoms with Gasteiger partial charge in [0, 0.05) is 36.9 Å². The highest BCUT2D eigenvalue weighted by atomic mass is 16.2. The van der Waals surface area contributed by atoms with Crippen LogP contribution in [0.1, 0.15) is 24.8 Å². The number of nitrogen functional groups attached to an aromatic ring is 1.